The van der Waals surface area contributed by atoms with Gasteiger partial charge in [0.25, 0.3) is 0 Å². The summed E-state index contributed by atoms with van der Waals surface area (Å²) in [4.78, 5) is 18.6. The van der Waals surface area contributed by atoms with Gasteiger partial charge in [0, 0.05) is 57.9 Å². The summed E-state index contributed by atoms with van der Waals surface area (Å²) in [7, 11) is 0. The Morgan fingerprint density at radius 2 is 1.74 bits per heavy atom. The molecule has 0 radical (unpaired) electrons. The molecule has 31 heavy (non-hydrogen) atoms. The zero-order valence-corrected chi connectivity index (χ0v) is 20.2. The number of anilines is 1. The lowest BCUT2D eigenvalue weighted by molar-refractivity contribution is 0.371. The molecule has 2 aromatic heterocycles. The lowest BCUT2D eigenvalue weighted by atomic mass is 10.2. The molecule has 7 nitrogen and oxygen atoms in total. The van der Waals surface area contributed by atoms with Crippen LogP contribution in [0.5, 0.6) is 0 Å². The summed E-state index contributed by atoms with van der Waals surface area (Å²) in [5.74, 6) is 2.97. The molecule has 1 aromatic carbocycles. The van der Waals surface area contributed by atoms with Gasteiger partial charge in [-0.15, -0.1) is 24.0 Å². The molecule has 1 aliphatic rings. The molecule has 0 bridgehead atoms. The summed E-state index contributed by atoms with van der Waals surface area (Å²) in [5.41, 5.74) is 1.26. The van der Waals surface area contributed by atoms with Gasteiger partial charge in [-0.2, -0.15) is 0 Å². The summed E-state index contributed by atoms with van der Waals surface area (Å²) in [6, 6.07) is 16.5. The van der Waals surface area contributed by atoms with Crippen LogP contribution >= 0.6 is 24.0 Å². The Kier molecular flexibility index (Phi) is 8.69. The first kappa shape index (κ1) is 23.1. The van der Waals surface area contributed by atoms with Gasteiger partial charge in [0.2, 0.25) is 0 Å². The van der Waals surface area contributed by atoms with E-state index in [0.717, 1.165) is 56.9 Å². The molecule has 0 unspecified atom stereocenters. The topological polar surface area (TPSA) is 61.6 Å². The van der Waals surface area contributed by atoms with Gasteiger partial charge in [-0.25, -0.2) is 15.0 Å². The largest absolute Gasteiger partial charge is 0.357 e. The maximum atomic E-state index is 4.89. The monoisotopic (exact) mass is 531 g/mol. The van der Waals surface area contributed by atoms with E-state index in [1.165, 1.54) is 5.56 Å². The second-order valence-electron chi connectivity index (χ2n) is 7.29. The van der Waals surface area contributed by atoms with Crippen molar-refractivity contribution in [2.45, 2.75) is 20.0 Å². The molecular weight excluding hydrogens is 501 g/mol. The SMILES string of the molecule is CCNC(=NCc1nccn1Cc1ccccc1)N1CCN(c2ccccn2)CC1.I. The van der Waals surface area contributed by atoms with Crippen LogP contribution in [0.1, 0.15) is 18.3 Å². The molecule has 0 saturated carbocycles. The summed E-state index contributed by atoms with van der Waals surface area (Å²) in [6.07, 6.45) is 5.73. The highest BCUT2D eigenvalue weighted by Crippen LogP contribution is 2.13. The number of aromatic nitrogens is 3. The zero-order chi connectivity index (χ0) is 20.6. The smallest absolute Gasteiger partial charge is 0.194 e. The molecule has 0 aliphatic carbocycles. The highest BCUT2D eigenvalue weighted by atomic mass is 127. The number of hydrogen-bond acceptors (Lipinski definition) is 4. The van der Waals surface area contributed by atoms with E-state index in [1.807, 2.05) is 36.8 Å². The highest BCUT2D eigenvalue weighted by molar-refractivity contribution is 14.0. The van der Waals surface area contributed by atoms with E-state index in [9.17, 15) is 0 Å². The minimum atomic E-state index is 0. The molecular formula is C23H30IN7. The lowest BCUT2D eigenvalue weighted by Gasteiger charge is -2.37. The van der Waals surface area contributed by atoms with Gasteiger partial charge in [-0.05, 0) is 24.6 Å². The fourth-order valence-corrected chi connectivity index (χ4v) is 3.68. The van der Waals surface area contributed by atoms with Crippen LogP contribution in [0.4, 0.5) is 5.82 Å². The fraction of sp³-hybridized carbons (Fsp3) is 0.348. The highest BCUT2D eigenvalue weighted by Gasteiger charge is 2.20. The van der Waals surface area contributed by atoms with Crippen LogP contribution in [0.15, 0.2) is 72.1 Å². The van der Waals surface area contributed by atoms with Crippen LogP contribution in [0.25, 0.3) is 0 Å². The molecule has 3 aromatic rings. The third kappa shape index (κ3) is 6.19. The van der Waals surface area contributed by atoms with Gasteiger partial charge in [0.1, 0.15) is 18.2 Å². The maximum Gasteiger partial charge on any atom is 0.194 e. The minimum Gasteiger partial charge on any atom is -0.357 e. The Bertz CT molecular complexity index is 935. The van der Waals surface area contributed by atoms with Crippen molar-refractivity contribution in [3.63, 3.8) is 0 Å². The van der Waals surface area contributed by atoms with E-state index in [-0.39, 0.29) is 24.0 Å². The Hall–Kier alpha value is -2.62. The average Bonchev–Trinajstić information content (AvgIpc) is 3.25. The lowest BCUT2D eigenvalue weighted by Crippen LogP contribution is -2.52. The van der Waals surface area contributed by atoms with Crippen molar-refractivity contribution in [2.24, 2.45) is 4.99 Å². The normalized spacial score (nSPS) is 14.3. The van der Waals surface area contributed by atoms with Crippen LogP contribution in [0.2, 0.25) is 0 Å². The fourth-order valence-electron chi connectivity index (χ4n) is 3.68. The quantitative estimate of drug-likeness (QED) is 0.301. The van der Waals surface area contributed by atoms with E-state index in [4.69, 9.17) is 4.99 Å². The number of hydrogen-bond donors (Lipinski definition) is 1. The Morgan fingerprint density at radius 1 is 0.968 bits per heavy atom. The van der Waals surface area contributed by atoms with Crippen LogP contribution in [0, 0.1) is 0 Å². The molecule has 1 N–H and O–H groups in total. The third-order valence-corrected chi connectivity index (χ3v) is 5.26. The van der Waals surface area contributed by atoms with Crippen LogP contribution in [-0.4, -0.2) is 58.1 Å². The number of nitrogens with one attached hydrogen (secondary N) is 1. The van der Waals surface area contributed by atoms with E-state index in [2.05, 4.69) is 66.9 Å². The first-order valence-electron chi connectivity index (χ1n) is 10.6. The second kappa shape index (κ2) is 11.7. The maximum absolute atomic E-state index is 4.89. The zero-order valence-electron chi connectivity index (χ0n) is 17.9. The van der Waals surface area contributed by atoms with Crippen molar-refractivity contribution in [3.05, 3.63) is 78.5 Å². The van der Waals surface area contributed by atoms with Crippen molar-refractivity contribution in [2.75, 3.05) is 37.6 Å². The summed E-state index contributed by atoms with van der Waals surface area (Å²) in [5, 5.41) is 3.44. The number of aliphatic imine (C=N–C) groups is 1. The van der Waals surface area contributed by atoms with Gasteiger partial charge in [0.15, 0.2) is 5.96 Å². The Balaban J connectivity index is 0.00000272. The van der Waals surface area contributed by atoms with Gasteiger partial charge in [0.05, 0.1) is 0 Å². The summed E-state index contributed by atoms with van der Waals surface area (Å²) < 4.78 is 2.17. The Labute approximate surface area is 201 Å². The van der Waals surface area contributed by atoms with Gasteiger partial charge < -0.3 is 19.7 Å². The molecule has 164 valence electrons. The predicted octanol–water partition coefficient (Wildman–Crippen LogP) is 3.23. The first-order chi connectivity index (χ1) is 14.8. The molecule has 0 amide bonds. The average molecular weight is 531 g/mol. The third-order valence-electron chi connectivity index (χ3n) is 5.26. The summed E-state index contributed by atoms with van der Waals surface area (Å²) in [6.45, 7) is 8.03. The molecule has 1 saturated heterocycles. The standard InChI is InChI=1S/C23H29N7.HI/c1-2-24-23(29-16-14-28(15-17-29)21-10-6-7-11-25-21)27-18-22-26-12-13-30(22)19-20-8-4-3-5-9-20;/h3-13H,2,14-19H2,1H3,(H,24,27);1H. The number of pyridine rings is 1. The minimum absolute atomic E-state index is 0. The van der Waals surface area contributed by atoms with Crippen molar-refractivity contribution in [1.82, 2.24) is 24.8 Å². The molecule has 1 aliphatic heterocycles. The number of halogens is 1. The first-order valence-corrected chi connectivity index (χ1v) is 10.6. The summed E-state index contributed by atoms with van der Waals surface area (Å²) >= 11 is 0. The number of guanidine groups is 1. The molecule has 0 atom stereocenters. The predicted molar refractivity (Wildman–Crippen MR) is 136 cm³/mol. The van der Waals surface area contributed by atoms with Crippen LogP contribution in [-0.2, 0) is 13.1 Å². The van der Waals surface area contributed by atoms with Crippen LogP contribution < -0.4 is 10.2 Å². The number of benzene rings is 1. The van der Waals surface area contributed by atoms with E-state index in [0.29, 0.717) is 6.54 Å². The van der Waals surface area contributed by atoms with Crippen molar-refractivity contribution in [1.29, 1.82) is 0 Å². The second-order valence-corrected chi connectivity index (χ2v) is 7.29. The van der Waals surface area contributed by atoms with E-state index >= 15 is 0 Å². The van der Waals surface area contributed by atoms with E-state index < -0.39 is 0 Å². The molecule has 4 rings (SSSR count). The Morgan fingerprint density at radius 3 is 2.45 bits per heavy atom. The number of rotatable bonds is 6. The molecule has 1 fully saturated rings. The number of imidazole rings is 1. The molecule has 0 spiro atoms. The molecule has 3 heterocycles. The van der Waals surface area contributed by atoms with E-state index in [1.54, 1.807) is 0 Å². The van der Waals surface area contributed by atoms with Crippen LogP contribution in [0.3, 0.4) is 0 Å². The van der Waals surface area contributed by atoms with Gasteiger partial charge in [-0.1, -0.05) is 36.4 Å². The van der Waals surface area contributed by atoms with Crippen molar-refractivity contribution >= 4 is 35.8 Å². The number of nitrogens with zero attached hydrogens (tertiary/aromatic N) is 6. The van der Waals surface area contributed by atoms with Gasteiger partial charge in [-0.3, -0.25) is 0 Å². The van der Waals surface area contributed by atoms with Gasteiger partial charge >= 0.3 is 0 Å². The van der Waals surface area contributed by atoms with Crippen molar-refractivity contribution in [3.8, 4) is 0 Å². The van der Waals surface area contributed by atoms with Crippen molar-refractivity contribution < 1.29 is 0 Å². The molecule has 8 heteroatoms. The number of piperazine rings is 1.